The zero-order valence-electron chi connectivity index (χ0n) is 14.9. The number of benzene rings is 1. The van der Waals surface area contributed by atoms with E-state index in [4.69, 9.17) is 4.74 Å². The normalized spacial score (nSPS) is 24.0. The number of rotatable bonds is 5. The van der Waals surface area contributed by atoms with Crippen LogP contribution in [-0.2, 0) is 4.74 Å². The Hall–Kier alpha value is -2.77. The molecule has 4 atom stereocenters. The molecule has 1 aliphatic heterocycles. The second kappa shape index (κ2) is 7.09. The van der Waals surface area contributed by atoms with Gasteiger partial charge in [0.25, 0.3) is 11.8 Å². The molecule has 140 valence electrons. The number of pyridine rings is 1. The number of nitrogens with zero attached hydrogens (tertiary/aromatic N) is 1. The summed E-state index contributed by atoms with van der Waals surface area (Å²) in [5, 5.41) is 16.2. The van der Waals surface area contributed by atoms with Gasteiger partial charge in [0.05, 0.1) is 18.9 Å². The summed E-state index contributed by atoms with van der Waals surface area (Å²) in [4.78, 5) is 29.1. The zero-order valence-corrected chi connectivity index (χ0v) is 14.9. The zero-order chi connectivity index (χ0) is 19.0. The van der Waals surface area contributed by atoms with Crippen LogP contribution < -0.4 is 10.6 Å². The van der Waals surface area contributed by atoms with Crippen LogP contribution >= 0.6 is 0 Å². The van der Waals surface area contributed by atoms with Gasteiger partial charge in [-0.05, 0) is 17.7 Å². The van der Waals surface area contributed by atoms with Crippen molar-refractivity contribution in [2.45, 2.75) is 12.1 Å². The number of hydrogen-bond acceptors (Lipinski definition) is 5. The first-order valence-corrected chi connectivity index (χ1v) is 8.94. The predicted molar refractivity (Wildman–Crippen MR) is 97.2 cm³/mol. The number of hydrogen-bond donors (Lipinski definition) is 3. The minimum Gasteiger partial charge on any atom is -0.382 e. The van der Waals surface area contributed by atoms with Crippen LogP contribution in [0.3, 0.4) is 0 Å². The highest BCUT2D eigenvalue weighted by molar-refractivity contribution is 5.99. The van der Waals surface area contributed by atoms with Crippen molar-refractivity contribution in [3.8, 4) is 0 Å². The summed E-state index contributed by atoms with van der Waals surface area (Å²) < 4.78 is 5.34. The number of ether oxygens (including phenoxy) is 1. The molecule has 7 heteroatoms. The highest BCUT2D eigenvalue weighted by atomic mass is 16.5. The fourth-order valence-corrected chi connectivity index (χ4v) is 3.56. The molecule has 1 aromatic heterocycles. The number of carbonyl (C=O) groups excluding carboxylic acids is 2. The lowest BCUT2D eigenvalue weighted by Gasteiger charge is -2.14. The van der Waals surface area contributed by atoms with Gasteiger partial charge in [-0.25, -0.2) is 4.98 Å². The Balaban J connectivity index is 1.62. The molecule has 0 spiro atoms. The molecule has 4 rings (SSSR count). The minimum absolute atomic E-state index is 0.0921. The highest BCUT2D eigenvalue weighted by Crippen LogP contribution is 2.44. The first-order valence-electron chi connectivity index (χ1n) is 8.94. The van der Waals surface area contributed by atoms with Crippen LogP contribution in [0.2, 0.25) is 0 Å². The van der Waals surface area contributed by atoms with E-state index in [1.54, 1.807) is 12.1 Å². The molecule has 27 heavy (non-hydrogen) atoms. The summed E-state index contributed by atoms with van der Waals surface area (Å²) in [7, 11) is 1.50. The van der Waals surface area contributed by atoms with Crippen molar-refractivity contribution in [1.82, 2.24) is 15.6 Å². The summed E-state index contributed by atoms with van der Waals surface area (Å²) in [5.41, 5.74) is 1.29. The van der Waals surface area contributed by atoms with Gasteiger partial charge in [-0.2, -0.15) is 0 Å². The Kier molecular flexibility index (Phi) is 4.63. The lowest BCUT2D eigenvalue weighted by Crippen LogP contribution is -2.31. The van der Waals surface area contributed by atoms with Gasteiger partial charge in [-0.1, -0.05) is 30.3 Å². The lowest BCUT2D eigenvalue weighted by atomic mass is 10.0. The SMILES string of the molecule is CNC(=O)c1cc(C(=O)NC2[C@H]3COC[C@@H]23)cc(C(O)c2ccccc2)n1. The maximum Gasteiger partial charge on any atom is 0.269 e. The van der Waals surface area contributed by atoms with Crippen LogP contribution in [0.15, 0.2) is 42.5 Å². The Labute approximate surface area is 156 Å². The molecule has 1 saturated heterocycles. The van der Waals surface area contributed by atoms with E-state index in [1.807, 2.05) is 18.2 Å². The van der Waals surface area contributed by atoms with Gasteiger partial charge in [0.2, 0.25) is 0 Å². The molecular weight excluding hydrogens is 346 g/mol. The van der Waals surface area contributed by atoms with Crippen molar-refractivity contribution in [3.05, 3.63) is 65.0 Å². The summed E-state index contributed by atoms with van der Waals surface area (Å²) in [5.74, 6) is 0.0680. The average Bonchev–Trinajstić information content (AvgIpc) is 3.13. The fraction of sp³-hybridized carbons (Fsp3) is 0.350. The van der Waals surface area contributed by atoms with E-state index in [1.165, 1.54) is 19.2 Å². The average molecular weight is 367 g/mol. The topological polar surface area (TPSA) is 101 Å². The van der Waals surface area contributed by atoms with E-state index in [0.717, 1.165) is 0 Å². The number of aromatic nitrogens is 1. The maximum absolute atomic E-state index is 12.7. The van der Waals surface area contributed by atoms with Gasteiger partial charge in [0, 0.05) is 30.5 Å². The smallest absolute Gasteiger partial charge is 0.269 e. The van der Waals surface area contributed by atoms with Crippen molar-refractivity contribution in [1.29, 1.82) is 0 Å². The first kappa shape index (κ1) is 17.6. The molecule has 2 unspecified atom stereocenters. The summed E-state index contributed by atoms with van der Waals surface area (Å²) in [6.07, 6.45) is -1.03. The van der Waals surface area contributed by atoms with Gasteiger partial charge >= 0.3 is 0 Å². The number of fused-ring (bicyclic) bond motifs is 1. The predicted octanol–water partition coefficient (Wildman–Crippen LogP) is 0.897. The molecule has 3 N–H and O–H groups in total. The molecule has 2 amide bonds. The molecule has 0 radical (unpaired) electrons. The van der Waals surface area contributed by atoms with Crippen molar-refractivity contribution in [3.63, 3.8) is 0 Å². The molecule has 2 heterocycles. The van der Waals surface area contributed by atoms with Crippen molar-refractivity contribution in [2.75, 3.05) is 20.3 Å². The van der Waals surface area contributed by atoms with E-state index in [0.29, 0.717) is 36.2 Å². The van der Waals surface area contributed by atoms with E-state index < -0.39 is 12.0 Å². The first-order chi connectivity index (χ1) is 13.1. The van der Waals surface area contributed by atoms with Crippen LogP contribution in [0.1, 0.15) is 38.2 Å². The van der Waals surface area contributed by atoms with Crippen LogP contribution in [-0.4, -0.2) is 48.2 Å². The molecular formula is C20H21N3O4. The highest BCUT2D eigenvalue weighted by Gasteiger charge is 2.54. The number of nitrogens with one attached hydrogen (secondary N) is 2. The van der Waals surface area contributed by atoms with Crippen LogP contribution in [0, 0.1) is 11.8 Å². The van der Waals surface area contributed by atoms with Crippen molar-refractivity contribution >= 4 is 11.8 Å². The van der Waals surface area contributed by atoms with Crippen molar-refractivity contribution < 1.29 is 19.4 Å². The standard InChI is InChI=1S/C20H21N3O4/c1-21-20(26)16-8-12(19(25)23-17-13-9-27-10-14(13)17)7-15(22-16)18(24)11-5-3-2-4-6-11/h2-8,13-14,17-18,24H,9-10H2,1H3,(H,21,26)(H,23,25)/t13-,14+,17?,18?. The third-order valence-electron chi connectivity index (χ3n) is 5.21. The molecule has 1 aliphatic carbocycles. The molecule has 0 bridgehead atoms. The third-order valence-corrected chi connectivity index (χ3v) is 5.21. The number of aliphatic hydroxyl groups excluding tert-OH is 1. The van der Waals surface area contributed by atoms with Gasteiger partial charge in [-0.15, -0.1) is 0 Å². The van der Waals surface area contributed by atoms with E-state index in [2.05, 4.69) is 15.6 Å². The Bertz CT molecular complexity index is 861. The van der Waals surface area contributed by atoms with Gasteiger partial charge in [0.1, 0.15) is 11.8 Å². The maximum atomic E-state index is 12.7. The van der Waals surface area contributed by atoms with E-state index in [-0.39, 0.29) is 23.3 Å². The van der Waals surface area contributed by atoms with Crippen LogP contribution in [0.25, 0.3) is 0 Å². The largest absolute Gasteiger partial charge is 0.382 e. The van der Waals surface area contributed by atoms with Gasteiger partial charge in [-0.3, -0.25) is 9.59 Å². The van der Waals surface area contributed by atoms with E-state index >= 15 is 0 Å². The summed E-state index contributed by atoms with van der Waals surface area (Å²) in [6, 6.07) is 12.1. The van der Waals surface area contributed by atoms with Gasteiger partial charge < -0.3 is 20.5 Å². The van der Waals surface area contributed by atoms with Gasteiger partial charge in [0.15, 0.2) is 0 Å². The Morgan fingerprint density at radius 1 is 1.15 bits per heavy atom. The summed E-state index contributed by atoms with van der Waals surface area (Å²) in [6.45, 7) is 1.35. The fourth-order valence-electron chi connectivity index (χ4n) is 3.56. The Morgan fingerprint density at radius 3 is 2.52 bits per heavy atom. The van der Waals surface area contributed by atoms with E-state index in [9.17, 15) is 14.7 Å². The minimum atomic E-state index is -1.03. The summed E-state index contributed by atoms with van der Waals surface area (Å²) >= 11 is 0. The molecule has 1 saturated carbocycles. The Morgan fingerprint density at radius 2 is 1.85 bits per heavy atom. The number of amides is 2. The second-order valence-corrected chi connectivity index (χ2v) is 6.92. The third kappa shape index (κ3) is 3.43. The lowest BCUT2D eigenvalue weighted by molar-refractivity contribution is 0.0928. The second-order valence-electron chi connectivity index (χ2n) is 6.92. The van der Waals surface area contributed by atoms with Crippen LogP contribution in [0.4, 0.5) is 0 Å². The van der Waals surface area contributed by atoms with Crippen LogP contribution in [0.5, 0.6) is 0 Å². The van der Waals surface area contributed by atoms with Crippen molar-refractivity contribution in [2.24, 2.45) is 11.8 Å². The number of carbonyl (C=O) groups is 2. The molecule has 7 nitrogen and oxygen atoms in total. The number of aliphatic hydroxyl groups is 1. The molecule has 2 aromatic rings. The molecule has 1 aromatic carbocycles. The molecule has 2 fully saturated rings. The quantitative estimate of drug-likeness (QED) is 0.729. The monoisotopic (exact) mass is 367 g/mol. The molecule has 2 aliphatic rings.